The Hall–Kier alpha value is -2.22. The van der Waals surface area contributed by atoms with Crippen LogP contribution >= 0.6 is 11.6 Å². The van der Waals surface area contributed by atoms with Crippen LogP contribution < -0.4 is 10.6 Å². The van der Waals surface area contributed by atoms with Gasteiger partial charge in [0.15, 0.2) is 0 Å². The van der Waals surface area contributed by atoms with E-state index in [4.69, 9.17) is 16.7 Å². The lowest BCUT2D eigenvalue weighted by molar-refractivity contribution is -0.142. The summed E-state index contributed by atoms with van der Waals surface area (Å²) in [5.41, 5.74) is -0.0230. The van der Waals surface area contributed by atoms with Gasteiger partial charge in [-0.15, -0.1) is 0 Å². The van der Waals surface area contributed by atoms with Crippen LogP contribution in [0.25, 0.3) is 0 Å². The third-order valence-electron chi connectivity index (χ3n) is 3.24. The quantitative estimate of drug-likeness (QED) is 0.639. The summed E-state index contributed by atoms with van der Waals surface area (Å²) in [4.78, 5) is 43.3. The normalized spacial score (nSPS) is 12.1. The van der Waals surface area contributed by atoms with Crippen LogP contribution in [0, 0.1) is 5.92 Å². The molecule has 0 saturated carbocycles. The second kappa shape index (κ2) is 9.31. The molecule has 0 spiro atoms. The zero-order valence-electron chi connectivity index (χ0n) is 14.7. The highest BCUT2D eigenvalue weighted by Crippen LogP contribution is 2.16. The van der Waals surface area contributed by atoms with Gasteiger partial charge < -0.3 is 15.7 Å². The Bertz CT molecular complexity index is 649. The first kappa shape index (κ1) is 20.8. The number of hydrogen-bond acceptors (Lipinski definition) is 5. The number of rotatable bonds is 8. The maximum atomic E-state index is 12.2. The first-order valence-corrected chi connectivity index (χ1v) is 8.32. The molecule has 138 valence electrons. The Morgan fingerprint density at radius 3 is 2.40 bits per heavy atom. The molecular formula is C16H23ClN4O4. The van der Waals surface area contributed by atoms with E-state index >= 15 is 0 Å². The van der Waals surface area contributed by atoms with Crippen LogP contribution in [-0.4, -0.2) is 45.4 Å². The average Bonchev–Trinajstić information content (AvgIpc) is 2.51. The zero-order valence-corrected chi connectivity index (χ0v) is 15.4. The van der Waals surface area contributed by atoms with Crippen LogP contribution in [-0.2, 0) is 9.59 Å². The van der Waals surface area contributed by atoms with E-state index in [0.717, 1.165) is 0 Å². The molecule has 1 rings (SSSR count). The van der Waals surface area contributed by atoms with Gasteiger partial charge in [0.25, 0.3) is 5.91 Å². The molecule has 3 N–H and O–H groups in total. The lowest BCUT2D eigenvalue weighted by Gasteiger charge is -2.16. The molecule has 0 aliphatic carbocycles. The van der Waals surface area contributed by atoms with Gasteiger partial charge in [-0.1, -0.05) is 39.3 Å². The summed E-state index contributed by atoms with van der Waals surface area (Å²) in [5, 5.41) is 13.9. The highest BCUT2D eigenvalue weighted by Gasteiger charge is 2.22. The largest absolute Gasteiger partial charge is 0.480 e. The molecule has 0 aliphatic rings. The van der Waals surface area contributed by atoms with E-state index in [-0.39, 0.29) is 29.1 Å². The van der Waals surface area contributed by atoms with Gasteiger partial charge in [-0.25, -0.2) is 14.8 Å². The number of carboxylic acid groups (broad SMARTS) is 1. The summed E-state index contributed by atoms with van der Waals surface area (Å²) in [6.45, 7) is 7.08. The Labute approximate surface area is 151 Å². The predicted octanol–water partition coefficient (Wildman–Crippen LogP) is 1.60. The minimum atomic E-state index is -1.12. The lowest BCUT2D eigenvalue weighted by atomic mass is 10.0. The molecule has 0 aromatic carbocycles. The van der Waals surface area contributed by atoms with Crippen LogP contribution in [0.2, 0.25) is 5.02 Å². The number of carbonyl (C=O) groups is 3. The van der Waals surface area contributed by atoms with Crippen molar-refractivity contribution in [2.24, 2.45) is 5.92 Å². The second-order valence-corrected chi connectivity index (χ2v) is 6.76. The van der Waals surface area contributed by atoms with Crippen molar-refractivity contribution in [3.63, 3.8) is 0 Å². The summed E-state index contributed by atoms with van der Waals surface area (Å²) in [6.07, 6.45) is 1.63. The third-order valence-corrected chi connectivity index (χ3v) is 3.52. The second-order valence-electron chi connectivity index (χ2n) is 6.35. The fourth-order valence-electron chi connectivity index (χ4n) is 2.00. The first-order valence-electron chi connectivity index (χ1n) is 7.94. The minimum absolute atomic E-state index is 0.0134. The van der Waals surface area contributed by atoms with Crippen LogP contribution in [0.1, 0.15) is 56.3 Å². The molecule has 0 saturated heterocycles. The number of nitrogens with one attached hydrogen (secondary N) is 2. The van der Waals surface area contributed by atoms with Gasteiger partial charge in [0.05, 0.1) is 17.8 Å². The number of hydrogen-bond donors (Lipinski definition) is 3. The van der Waals surface area contributed by atoms with Crippen molar-refractivity contribution in [2.45, 2.75) is 46.1 Å². The van der Waals surface area contributed by atoms with E-state index in [1.165, 1.54) is 6.20 Å². The molecule has 2 amide bonds. The van der Waals surface area contributed by atoms with Crippen LogP contribution in [0.3, 0.4) is 0 Å². The van der Waals surface area contributed by atoms with Crippen molar-refractivity contribution in [2.75, 3.05) is 6.54 Å². The molecule has 9 heteroatoms. The fraction of sp³-hybridized carbons (Fsp3) is 0.562. The van der Waals surface area contributed by atoms with Crippen LogP contribution in [0.15, 0.2) is 6.20 Å². The summed E-state index contributed by atoms with van der Waals surface area (Å²) >= 11 is 5.93. The van der Waals surface area contributed by atoms with Gasteiger partial charge in [-0.3, -0.25) is 9.59 Å². The molecule has 0 fully saturated rings. The van der Waals surface area contributed by atoms with E-state index in [9.17, 15) is 14.4 Å². The van der Waals surface area contributed by atoms with Crippen LogP contribution in [0.4, 0.5) is 0 Å². The number of nitrogens with zero attached hydrogens (tertiary/aromatic N) is 2. The minimum Gasteiger partial charge on any atom is -0.480 e. The Morgan fingerprint density at radius 2 is 1.88 bits per heavy atom. The smallest absolute Gasteiger partial charge is 0.326 e. The molecule has 25 heavy (non-hydrogen) atoms. The van der Waals surface area contributed by atoms with Crippen molar-refractivity contribution in [3.05, 3.63) is 22.7 Å². The maximum Gasteiger partial charge on any atom is 0.326 e. The number of amides is 2. The van der Waals surface area contributed by atoms with Crippen molar-refractivity contribution in [1.82, 2.24) is 20.6 Å². The number of halogens is 1. The van der Waals surface area contributed by atoms with E-state index in [0.29, 0.717) is 12.2 Å². The zero-order chi connectivity index (χ0) is 19.1. The van der Waals surface area contributed by atoms with Crippen molar-refractivity contribution in [3.8, 4) is 0 Å². The summed E-state index contributed by atoms with van der Waals surface area (Å²) < 4.78 is 0. The Kier molecular flexibility index (Phi) is 7.76. The van der Waals surface area contributed by atoms with Gasteiger partial charge in [0.1, 0.15) is 17.6 Å². The lowest BCUT2D eigenvalue weighted by Crippen LogP contribution is -2.46. The highest BCUT2D eigenvalue weighted by atomic mass is 35.5. The monoisotopic (exact) mass is 370 g/mol. The van der Waals surface area contributed by atoms with Crippen LogP contribution in [0.5, 0.6) is 0 Å². The highest BCUT2D eigenvalue weighted by molar-refractivity contribution is 6.33. The van der Waals surface area contributed by atoms with Gasteiger partial charge >= 0.3 is 5.97 Å². The number of aromatic nitrogens is 2. The summed E-state index contributed by atoms with van der Waals surface area (Å²) in [6, 6.07) is -1.00. The molecule has 0 radical (unpaired) electrons. The summed E-state index contributed by atoms with van der Waals surface area (Å²) in [5.74, 6) is -1.77. The molecular weight excluding hydrogens is 348 g/mol. The maximum absolute atomic E-state index is 12.2. The Balaban J connectivity index is 2.68. The van der Waals surface area contributed by atoms with Gasteiger partial charge in [-0.05, 0) is 12.3 Å². The molecule has 0 aliphatic heterocycles. The average molecular weight is 371 g/mol. The third kappa shape index (κ3) is 6.66. The van der Waals surface area contributed by atoms with E-state index < -0.39 is 23.8 Å². The van der Waals surface area contributed by atoms with Crippen molar-refractivity contribution >= 4 is 29.4 Å². The topological polar surface area (TPSA) is 121 Å². The van der Waals surface area contributed by atoms with Crippen molar-refractivity contribution < 1.29 is 19.5 Å². The van der Waals surface area contributed by atoms with Crippen molar-refractivity contribution in [1.29, 1.82) is 0 Å². The fourth-order valence-corrected chi connectivity index (χ4v) is 2.18. The summed E-state index contributed by atoms with van der Waals surface area (Å²) in [7, 11) is 0. The van der Waals surface area contributed by atoms with Gasteiger partial charge in [0, 0.05) is 5.92 Å². The van der Waals surface area contributed by atoms with E-state index in [2.05, 4.69) is 20.6 Å². The number of carbonyl (C=O) groups excluding carboxylic acids is 2. The molecule has 0 bridgehead atoms. The van der Waals surface area contributed by atoms with Gasteiger partial charge in [-0.2, -0.15) is 0 Å². The molecule has 1 heterocycles. The van der Waals surface area contributed by atoms with E-state index in [1.54, 1.807) is 0 Å². The molecule has 1 atom stereocenters. The molecule has 1 aromatic rings. The predicted molar refractivity (Wildman–Crippen MR) is 92.5 cm³/mol. The first-order chi connectivity index (χ1) is 11.6. The standard InChI is InChI=1S/C16H23ClN4O4/c1-8(2)5-11(16(24)25)20-12(22)7-19-15(23)13-10(17)6-18-14(21-13)9(3)4/h6,8-9,11H,5,7H2,1-4H3,(H,19,23)(H,20,22)(H,24,25)/t11-/m0/s1. The number of aliphatic carboxylic acids is 1. The number of carboxylic acids is 1. The molecule has 1 aromatic heterocycles. The van der Waals surface area contributed by atoms with E-state index in [1.807, 2.05) is 27.7 Å². The molecule has 0 unspecified atom stereocenters. The SMILES string of the molecule is CC(C)C[C@H](NC(=O)CNC(=O)c1nc(C(C)C)ncc1Cl)C(=O)O. The molecule has 8 nitrogen and oxygen atoms in total. The van der Waals surface area contributed by atoms with Gasteiger partial charge in [0.2, 0.25) is 5.91 Å². The Morgan fingerprint density at radius 1 is 1.24 bits per heavy atom.